The Morgan fingerprint density at radius 1 is 0.532 bits per heavy atom. The number of carbonyl (C=O) groups excluding carboxylic acids is 5. The van der Waals surface area contributed by atoms with E-state index >= 15 is 0 Å². The van der Waals surface area contributed by atoms with Gasteiger partial charge in [0.1, 0.15) is 5.75 Å². The highest BCUT2D eigenvalue weighted by atomic mass is 17.2. The van der Waals surface area contributed by atoms with Crippen molar-refractivity contribution in [2.75, 3.05) is 41.1 Å². The Morgan fingerprint density at radius 2 is 1.08 bits per heavy atom. The van der Waals surface area contributed by atoms with Crippen LogP contribution in [0, 0.1) is 0 Å². The Morgan fingerprint density at radius 3 is 1.73 bits per heavy atom. The number of benzene rings is 5. The number of para-hydroxylation sites is 1. The molecule has 2 aliphatic rings. The molecule has 2 saturated heterocycles. The van der Waals surface area contributed by atoms with Gasteiger partial charge < -0.3 is 25.6 Å². The fraction of sp³-hybridized carbons (Fsp3) is 0.271. The first-order chi connectivity index (χ1) is 30.3. The van der Waals surface area contributed by atoms with E-state index in [1.165, 1.54) is 15.9 Å². The molecule has 0 unspecified atom stereocenters. The van der Waals surface area contributed by atoms with Gasteiger partial charge in [-0.15, -0.1) is 0 Å². The SMILES string of the molecule is O=C(Nc1ccc(Cc2ccccc2NC(=O)N2CCCCCC2=O)cc1)Oc1cccc(OOCNc2ccc(Cc3ccc(NC(=O)N4CCCCCC4=O)cc3)cc2)c1. The van der Waals surface area contributed by atoms with E-state index in [2.05, 4.69) is 21.3 Å². The van der Waals surface area contributed by atoms with E-state index in [9.17, 15) is 24.0 Å². The Labute approximate surface area is 360 Å². The summed E-state index contributed by atoms with van der Waals surface area (Å²) in [5, 5.41) is 11.6. The third kappa shape index (κ3) is 12.4. The number of carbonyl (C=O) groups is 5. The van der Waals surface area contributed by atoms with Crippen molar-refractivity contribution in [2.45, 2.75) is 64.2 Å². The standard InChI is InChI=1S/C48H50N6O8/c55-44-14-3-1-7-28-53(44)46(57)50-39-24-18-35(19-25-39)30-34-16-22-38(23-17-34)49-33-60-62-42-12-9-11-41(32-42)61-48(59)51-40-26-20-36(21-27-40)31-37-10-5-6-13-43(37)52-47(58)54-29-8-2-4-15-45(54)56/h5-6,9-13,16-27,32,49H,1-4,7-8,14-15,28-31,33H2,(H,50,57)(H,51,59)(H,52,58). The van der Waals surface area contributed by atoms with Crippen LogP contribution < -0.4 is 30.9 Å². The van der Waals surface area contributed by atoms with Crippen LogP contribution in [0.5, 0.6) is 11.5 Å². The van der Waals surface area contributed by atoms with Crippen LogP contribution in [0.15, 0.2) is 121 Å². The first-order valence-corrected chi connectivity index (χ1v) is 21.0. The maximum atomic E-state index is 13.0. The summed E-state index contributed by atoms with van der Waals surface area (Å²) in [7, 11) is 0. The highest BCUT2D eigenvalue weighted by Gasteiger charge is 2.24. The Hall–Kier alpha value is -7.19. The third-order valence-corrected chi connectivity index (χ3v) is 10.6. The first kappa shape index (κ1) is 42.9. The molecule has 14 heteroatoms. The van der Waals surface area contributed by atoms with E-state index in [1.54, 1.807) is 30.3 Å². The predicted molar refractivity (Wildman–Crippen MR) is 236 cm³/mol. The number of nitrogens with zero attached hydrogens (tertiary/aromatic N) is 2. The Bertz CT molecular complexity index is 2340. The molecular formula is C48H50N6O8. The maximum Gasteiger partial charge on any atom is 0.417 e. The third-order valence-electron chi connectivity index (χ3n) is 10.6. The van der Waals surface area contributed by atoms with Gasteiger partial charge in [-0.1, -0.05) is 73.5 Å². The van der Waals surface area contributed by atoms with Crippen molar-refractivity contribution in [2.24, 2.45) is 0 Å². The van der Waals surface area contributed by atoms with Crippen molar-refractivity contribution < 1.29 is 38.5 Å². The summed E-state index contributed by atoms with van der Waals surface area (Å²) in [5.41, 5.74) is 6.68. The summed E-state index contributed by atoms with van der Waals surface area (Å²) in [5.74, 6) is 0.324. The molecule has 0 radical (unpaired) electrons. The fourth-order valence-electron chi connectivity index (χ4n) is 7.22. The van der Waals surface area contributed by atoms with Gasteiger partial charge in [0.2, 0.25) is 11.8 Å². The number of imide groups is 2. The van der Waals surface area contributed by atoms with E-state index in [0.717, 1.165) is 66.5 Å². The van der Waals surface area contributed by atoms with Gasteiger partial charge in [-0.25, -0.2) is 14.4 Å². The number of ether oxygens (including phenoxy) is 1. The van der Waals surface area contributed by atoms with Crippen molar-refractivity contribution in [3.8, 4) is 11.5 Å². The topological polar surface area (TPSA) is 168 Å². The second-order valence-corrected chi connectivity index (χ2v) is 15.2. The van der Waals surface area contributed by atoms with Crippen molar-refractivity contribution in [1.29, 1.82) is 0 Å². The summed E-state index contributed by atoms with van der Waals surface area (Å²) in [6, 6.07) is 36.0. The molecule has 5 aromatic rings. The molecule has 2 aliphatic heterocycles. The quantitative estimate of drug-likeness (QED) is 0.0391. The lowest BCUT2D eigenvalue weighted by atomic mass is 10.0. The second-order valence-electron chi connectivity index (χ2n) is 15.2. The van der Waals surface area contributed by atoms with Crippen LogP contribution in [0.4, 0.5) is 37.1 Å². The lowest BCUT2D eigenvalue weighted by molar-refractivity contribution is -0.199. The average Bonchev–Trinajstić information content (AvgIpc) is 3.64. The molecule has 0 atom stereocenters. The monoisotopic (exact) mass is 838 g/mol. The molecule has 62 heavy (non-hydrogen) atoms. The summed E-state index contributed by atoms with van der Waals surface area (Å²) < 4.78 is 5.48. The largest absolute Gasteiger partial charge is 0.417 e. The molecule has 0 bridgehead atoms. The highest BCUT2D eigenvalue weighted by Crippen LogP contribution is 2.24. The van der Waals surface area contributed by atoms with Gasteiger partial charge >= 0.3 is 18.2 Å². The second kappa shape index (κ2) is 21.4. The smallest absolute Gasteiger partial charge is 0.410 e. The number of anilines is 4. The average molecular weight is 839 g/mol. The summed E-state index contributed by atoms with van der Waals surface area (Å²) in [4.78, 5) is 76.4. The molecule has 7 amide bonds. The minimum absolute atomic E-state index is 0.0525. The lowest BCUT2D eigenvalue weighted by Gasteiger charge is -2.20. The van der Waals surface area contributed by atoms with Crippen molar-refractivity contribution in [1.82, 2.24) is 9.80 Å². The normalized spacial score (nSPS) is 14.3. The molecule has 2 heterocycles. The zero-order valence-electron chi connectivity index (χ0n) is 34.4. The van der Waals surface area contributed by atoms with E-state index in [1.807, 2.05) is 84.9 Å². The van der Waals surface area contributed by atoms with Gasteiger partial charge in [0.25, 0.3) is 0 Å². The van der Waals surface area contributed by atoms with Crippen LogP contribution in [-0.4, -0.2) is 59.6 Å². The number of hydrogen-bond acceptors (Lipinski definition) is 9. The zero-order chi connectivity index (χ0) is 43.1. The van der Waals surface area contributed by atoms with Gasteiger partial charge in [0, 0.05) is 54.7 Å². The van der Waals surface area contributed by atoms with Crippen molar-refractivity contribution in [3.63, 3.8) is 0 Å². The minimum atomic E-state index is -0.681. The lowest BCUT2D eigenvalue weighted by Crippen LogP contribution is -2.39. The minimum Gasteiger partial charge on any atom is -0.410 e. The molecule has 0 aromatic heterocycles. The molecule has 0 saturated carbocycles. The van der Waals surface area contributed by atoms with Gasteiger partial charge in [0.15, 0.2) is 12.5 Å². The molecule has 0 aliphatic carbocycles. The number of hydrogen-bond donors (Lipinski definition) is 4. The molecule has 2 fully saturated rings. The molecule has 7 rings (SSSR count). The Balaban J connectivity index is 0.813. The molecule has 320 valence electrons. The Kier molecular flexibility index (Phi) is 14.8. The van der Waals surface area contributed by atoms with Crippen LogP contribution in [0.3, 0.4) is 0 Å². The van der Waals surface area contributed by atoms with E-state index in [0.29, 0.717) is 61.6 Å². The van der Waals surface area contributed by atoms with Crippen molar-refractivity contribution in [3.05, 3.63) is 144 Å². The zero-order valence-corrected chi connectivity index (χ0v) is 34.4. The van der Waals surface area contributed by atoms with Crippen LogP contribution in [0.1, 0.15) is 73.6 Å². The molecular weight excluding hydrogens is 789 g/mol. The van der Waals surface area contributed by atoms with Crippen LogP contribution in [0.2, 0.25) is 0 Å². The van der Waals surface area contributed by atoms with Gasteiger partial charge in [0.05, 0.1) is 0 Å². The van der Waals surface area contributed by atoms with E-state index in [-0.39, 0.29) is 30.3 Å². The van der Waals surface area contributed by atoms with Crippen LogP contribution in [0.25, 0.3) is 0 Å². The number of likely N-dealkylation sites (tertiary alicyclic amines) is 2. The molecule has 0 spiro atoms. The van der Waals surface area contributed by atoms with Gasteiger partial charge in [-0.3, -0.25) is 24.7 Å². The number of nitrogens with one attached hydrogen (secondary N) is 4. The highest BCUT2D eigenvalue weighted by molar-refractivity contribution is 6.02. The maximum absolute atomic E-state index is 13.0. The molecule has 5 aromatic carbocycles. The fourth-order valence-corrected chi connectivity index (χ4v) is 7.22. The van der Waals surface area contributed by atoms with Crippen LogP contribution >= 0.6 is 0 Å². The summed E-state index contributed by atoms with van der Waals surface area (Å²) in [6.45, 7) is 0.926. The predicted octanol–water partition coefficient (Wildman–Crippen LogP) is 9.73. The molecule has 14 nitrogen and oxygen atoms in total. The molecule has 4 N–H and O–H groups in total. The van der Waals surface area contributed by atoms with E-state index < -0.39 is 12.1 Å². The van der Waals surface area contributed by atoms with Gasteiger partial charge in [-0.05, 0) is 115 Å². The van der Waals surface area contributed by atoms with E-state index in [4.69, 9.17) is 14.5 Å². The van der Waals surface area contributed by atoms with Crippen molar-refractivity contribution >= 4 is 52.7 Å². The first-order valence-electron chi connectivity index (χ1n) is 21.0. The summed E-state index contributed by atoms with van der Waals surface area (Å²) >= 11 is 0. The van der Waals surface area contributed by atoms with Crippen LogP contribution in [-0.2, 0) is 27.3 Å². The number of amides is 7. The van der Waals surface area contributed by atoms with Gasteiger partial charge in [-0.2, -0.15) is 4.89 Å². The number of urea groups is 2. The summed E-state index contributed by atoms with van der Waals surface area (Å²) in [6.07, 6.45) is 6.48. The number of rotatable bonds is 13.